The summed E-state index contributed by atoms with van der Waals surface area (Å²) in [7, 11) is 0. The van der Waals surface area contributed by atoms with Crippen molar-refractivity contribution < 1.29 is 19.4 Å². The highest BCUT2D eigenvalue weighted by molar-refractivity contribution is 6.44. The molecule has 0 bridgehead atoms. The third-order valence-electron chi connectivity index (χ3n) is 6.14. The molecule has 6 heteroatoms. The van der Waals surface area contributed by atoms with E-state index in [0.717, 1.165) is 42.4 Å². The van der Waals surface area contributed by atoms with Crippen molar-refractivity contribution in [3.8, 4) is 5.75 Å². The predicted octanol–water partition coefficient (Wildman–Crippen LogP) is 6.36. The summed E-state index contributed by atoms with van der Waals surface area (Å²) < 4.78 is 5.92. The van der Waals surface area contributed by atoms with Crippen molar-refractivity contribution >= 4 is 40.5 Å². The fraction of sp³-hybridized carbons (Fsp3) is 0.333. The maximum absolute atomic E-state index is 12.1. The average molecular weight is 445 g/mol. The highest BCUT2D eigenvalue weighted by Gasteiger charge is 2.45. The highest BCUT2D eigenvalue weighted by Crippen LogP contribution is 2.58. The summed E-state index contributed by atoms with van der Waals surface area (Å²) in [5.74, 6) is -0.449. The zero-order chi connectivity index (χ0) is 21.5. The second kappa shape index (κ2) is 8.09. The van der Waals surface area contributed by atoms with Gasteiger partial charge in [0.1, 0.15) is 17.4 Å². The molecule has 1 N–H and O–H groups in total. The van der Waals surface area contributed by atoms with Crippen molar-refractivity contribution in [1.29, 1.82) is 0 Å². The third kappa shape index (κ3) is 3.52. The van der Waals surface area contributed by atoms with E-state index in [1.54, 1.807) is 30.3 Å². The first-order valence-electron chi connectivity index (χ1n) is 10.1. The number of benzene rings is 2. The van der Waals surface area contributed by atoms with Crippen LogP contribution in [0, 0.1) is 5.41 Å². The van der Waals surface area contributed by atoms with Gasteiger partial charge in [-0.1, -0.05) is 54.7 Å². The molecule has 0 saturated heterocycles. The Morgan fingerprint density at radius 3 is 2.73 bits per heavy atom. The summed E-state index contributed by atoms with van der Waals surface area (Å²) in [5.41, 5.74) is 3.57. The van der Waals surface area contributed by atoms with Crippen molar-refractivity contribution in [2.45, 2.75) is 45.6 Å². The number of carboxylic acids is 1. The zero-order valence-corrected chi connectivity index (χ0v) is 18.1. The van der Waals surface area contributed by atoms with Crippen LogP contribution in [0.1, 0.15) is 59.7 Å². The van der Waals surface area contributed by atoms with Crippen molar-refractivity contribution in [3.63, 3.8) is 0 Å². The largest absolute Gasteiger partial charge is 0.487 e. The fourth-order valence-electron chi connectivity index (χ4n) is 4.79. The molecule has 0 spiro atoms. The quantitative estimate of drug-likeness (QED) is 0.562. The normalized spacial score (nSPS) is 19.8. The molecule has 1 atom stereocenters. The van der Waals surface area contributed by atoms with E-state index in [0.29, 0.717) is 22.8 Å². The van der Waals surface area contributed by atoms with Gasteiger partial charge in [0.15, 0.2) is 5.78 Å². The smallest absolute Gasteiger partial charge is 0.336 e. The van der Waals surface area contributed by atoms with Gasteiger partial charge in [-0.05, 0) is 48.6 Å². The predicted molar refractivity (Wildman–Crippen MR) is 117 cm³/mol. The van der Waals surface area contributed by atoms with Crippen LogP contribution in [-0.2, 0) is 17.8 Å². The molecule has 0 fully saturated rings. The molecular formula is C24H22Cl2O4. The summed E-state index contributed by atoms with van der Waals surface area (Å²) in [6, 6.07) is 8.60. The Hall–Kier alpha value is -2.30. The molecule has 2 aromatic carbocycles. The minimum Gasteiger partial charge on any atom is -0.487 e. The molecule has 0 aliphatic heterocycles. The van der Waals surface area contributed by atoms with E-state index < -0.39 is 5.97 Å². The lowest BCUT2D eigenvalue weighted by atomic mass is 9.70. The Balaban J connectivity index is 1.70. The minimum absolute atomic E-state index is 0.0680. The number of carbonyl (C=O) groups excluding carboxylic acids is 1. The van der Waals surface area contributed by atoms with Crippen molar-refractivity contribution in [2.75, 3.05) is 0 Å². The highest BCUT2D eigenvalue weighted by atomic mass is 35.5. The molecule has 1 unspecified atom stereocenters. The first-order valence-corrected chi connectivity index (χ1v) is 10.8. The summed E-state index contributed by atoms with van der Waals surface area (Å²) in [4.78, 5) is 23.6. The molecule has 2 aromatic rings. The zero-order valence-electron chi connectivity index (χ0n) is 16.6. The maximum Gasteiger partial charge on any atom is 0.336 e. The Morgan fingerprint density at radius 1 is 1.23 bits per heavy atom. The van der Waals surface area contributed by atoms with E-state index in [2.05, 4.69) is 6.92 Å². The van der Waals surface area contributed by atoms with Crippen LogP contribution >= 0.6 is 23.2 Å². The van der Waals surface area contributed by atoms with E-state index in [1.807, 2.05) is 6.07 Å². The summed E-state index contributed by atoms with van der Waals surface area (Å²) in [5, 5.41) is 10.1. The molecule has 0 aromatic heterocycles. The fourth-order valence-corrected chi connectivity index (χ4v) is 5.31. The number of fused-ring (bicyclic) bond motifs is 3. The molecule has 2 aliphatic carbocycles. The average Bonchev–Trinajstić information content (AvgIpc) is 3.03. The molecule has 2 aliphatic rings. The van der Waals surface area contributed by atoms with Crippen LogP contribution in [0.25, 0.3) is 5.57 Å². The molecule has 0 heterocycles. The van der Waals surface area contributed by atoms with Gasteiger partial charge in [0.25, 0.3) is 0 Å². The van der Waals surface area contributed by atoms with Crippen LogP contribution in [0.4, 0.5) is 0 Å². The van der Waals surface area contributed by atoms with Crippen molar-refractivity contribution in [3.05, 3.63) is 68.7 Å². The van der Waals surface area contributed by atoms with Gasteiger partial charge in [-0.3, -0.25) is 4.79 Å². The van der Waals surface area contributed by atoms with Gasteiger partial charge in [-0.15, -0.1) is 0 Å². The molecule has 0 radical (unpaired) electrons. The Kier molecular flexibility index (Phi) is 5.65. The van der Waals surface area contributed by atoms with Crippen molar-refractivity contribution in [1.82, 2.24) is 0 Å². The van der Waals surface area contributed by atoms with Gasteiger partial charge in [0, 0.05) is 23.0 Å². The monoisotopic (exact) mass is 444 g/mol. The number of carbonyl (C=O) groups is 2. The number of hydrogen-bond donors (Lipinski definition) is 1. The van der Waals surface area contributed by atoms with Gasteiger partial charge < -0.3 is 9.84 Å². The van der Waals surface area contributed by atoms with E-state index in [9.17, 15) is 14.7 Å². The Labute approximate surface area is 185 Å². The summed E-state index contributed by atoms with van der Waals surface area (Å²) >= 11 is 13.2. The molecule has 0 amide bonds. The lowest BCUT2D eigenvalue weighted by Gasteiger charge is -2.33. The number of aromatic carboxylic acids is 1. The van der Waals surface area contributed by atoms with Gasteiger partial charge in [0.05, 0.1) is 10.6 Å². The first-order chi connectivity index (χ1) is 14.4. The molecule has 156 valence electrons. The van der Waals surface area contributed by atoms with Crippen LogP contribution in [0.3, 0.4) is 0 Å². The molecular weight excluding hydrogens is 423 g/mol. The summed E-state index contributed by atoms with van der Waals surface area (Å²) in [6.45, 7) is 2.22. The molecule has 30 heavy (non-hydrogen) atoms. The molecule has 4 rings (SSSR count). The second-order valence-corrected chi connectivity index (χ2v) is 8.78. The molecule has 4 nitrogen and oxygen atoms in total. The van der Waals surface area contributed by atoms with E-state index in [1.165, 1.54) is 0 Å². The van der Waals surface area contributed by atoms with E-state index >= 15 is 0 Å². The van der Waals surface area contributed by atoms with Gasteiger partial charge >= 0.3 is 5.97 Å². The number of ether oxygens (including phenoxy) is 1. The standard InChI is InChI=1S/C24H22Cl2O4/c1-2-8-24-9-7-16(27)11-18(24)20-15(12-24)10-19(21(25)22(20)26)30-13-14-5-3-4-6-17(14)23(28)29/h3-6,10-11H,2,7-9,12-13H2,1H3,(H,28,29). The SMILES string of the molecule is CCCC12CCC(=O)C=C1c1c(cc(OCc3ccccc3C(=O)O)c(Cl)c1Cl)C2. The minimum atomic E-state index is -1.01. The number of ketones is 1. The van der Waals surface area contributed by atoms with Crippen LogP contribution in [0.15, 0.2) is 36.4 Å². The lowest BCUT2D eigenvalue weighted by molar-refractivity contribution is -0.115. The van der Waals surface area contributed by atoms with Gasteiger partial charge in [-0.2, -0.15) is 0 Å². The van der Waals surface area contributed by atoms with Crippen LogP contribution in [0.5, 0.6) is 5.75 Å². The second-order valence-electron chi connectivity index (χ2n) is 8.02. The lowest BCUT2D eigenvalue weighted by Crippen LogP contribution is -2.25. The third-order valence-corrected chi connectivity index (χ3v) is 6.99. The van der Waals surface area contributed by atoms with Crippen LogP contribution in [0.2, 0.25) is 10.0 Å². The first kappa shape index (κ1) is 21.0. The number of halogens is 2. The Morgan fingerprint density at radius 2 is 2.00 bits per heavy atom. The topological polar surface area (TPSA) is 63.6 Å². The van der Waals surface area contributed by atoms with Crippen LogP contribution in [-0.4, -0.2) is 16.9 Å². The Bertz CT molecular complexity index is 1070. The van der Waals surface area contributed by atoms with Gasteiger partial charge in [0.2, 0.25) is 0 Å². The number of rotatable bonds is 6. The van der Waals surface area contributed by atoms with Gasteiger partial charge in [-0.25, -0.2) is 4.79 Å². The number of carboxylic acid groups (broad SMARTS) is 1. The van der Waals surface area contributed by atoms with Crippen LogP contribution < -0.4 is 4.74 Å². The number of hydrogen-bond acceptors (Lipinski definition) is 3. The summed E-state index contributed by atoms with van der Waals surface area (Å²) in [6.07, 6.45) is 5.91. The van der Waals surface area contributed by atoms with E-state index in [4.69, 9.17) is 27.9 Å². The van der Waals surface area contributed by atoms with Crippen molar-refractivity contribution in [2.24, 2.45) is 5.41 Å². The maximum atomic E-state index is 12.1. The molecule has 0 saturated carbocycles. The van der Waals surface area contributed by atoms with E-state index in [-0.39, 0.29) is 28.4 Å². The number of allylic oxidation sites excluding steroid dienone is 2.